The summed E-state index contributed by atoms with van der Waals surface area (Å²) in [6, 6.07) is 0. The molecule has 0 aromatic rings. The van der Waals surface area contributed by atoms with Crippen LogP contribution in [0.25, 0.3) is 0 Å². The van der Waals surface area contributed by atoms with Crippen LogP contribution >= 0.6 is 15.9 Å². The van der Waals surface area contributed by atoms with E-state index in [1.54, 1.807) is 0 Å². The van der Waals surface area contributed by atoms with Crippen LogP contribution in [0.3, 0.4) is 0 Å². The summed E-state index contributed by atoms with van der Waals surface area (Å²) in [7, 11) is 0. The molecule has 0 heterocycles. The van der Waals surface area contributed by atoms with Crippen LogP contribution in [0.1, 0.15) is 33.1 Å². The van der Waals surface area contributed by atoms with Gasteiger partial charge in [-0.2, -0.15) is 0 Å². The molecule has 11 heavy (non-hydrogen) atoms. The van der Waals surface area contributed by atoms with Crippen LogP contribution in [-0.4, -0.2) is 5.33 Å². The van der Waals surface area contributed by atoms with Crippen molar-refractivity contribution in [3.8, 4) is 0 Å². The van der Waals surface area contributed by atoms with E-state index in [1.807, 2.05) is 0 Å². The van der Waals surface area contributed by atoms with Crippen molar-refractivity contribution in [2.45, 2.75) is 33.1 Å². The third-order valence-corrected chi connectivity index (χ3v) is 3.56. The van der Waals surface area contributed by atoms with Crippen LogP contribution in [0, 0.1) is 11.3 Å². The Morgan fingerprint density at radius 1 is 1.64 bits per heavy atom. The number of allylic oxidation sites excluding steroid dienone is 1. The van der Waals surface area contributed by atoms with Gasteiger partial charge in [-0.05, 0) is 30.6 Å². The highest BCUT2D eigenvalue weighted by Gasteiger charge is 2.33. The maximum Gasteiger partial charge on any atom is 0.0102 e. The van der Waals surface area contributed by atoms with Crippen molar-refractivity contribution >= 4 is 15.9 Å². The van der Waals surface area contributed by atoms with Crippen molar-refractivity contribution in [3.05, 3.63) is 12.2 Å². The van der Waals surface area contributed by atoms with Gasteiger partial charge >= 0.3 is 0 Å². The van der Waals surface area contributed by atoms with Crippen molar-refractivity contribution in [2.75, 3.05) is 5.33 Å². The molecule has 0 saturated heterocycles. The number of alkyl halides is 1. The number of hydrogen-bond donors (Lipinski definition) is 0. The summed E-state index contributed by atoms with van der Waals surface area (Å²) in [6.45, 7) is 8.83. The molecule has 1 saturated carbocycles. The van der Waals surface area contributed by atoms with E-state index in [0.29, 0.717) is 11.3 Å². The first-order chi connectivity index (χ1) is 5.08. The van der Waals surface area contributed by atoms with Crippen molar-refractivity contribution in [1.82, 2.24) is 0 Å². The molecule has 1 rings (SSSR count). The summed E-state index contributed by atoms with van der Waals surface area (Å²) in [5, 5.41) is 1.08. The first-order valence-electron chi connectivity index (χ1n) is 4.31. The van der Waals surface area contributed by atoms with E-state index in [-0.39, 0.29) is 0 Å². The molecule has 0 aliphatic heterocycles. The van der Waals surface area contributed by atoms with Crippen LogP contribution in [0.4, 0.5) is 0 Å². The van der Waals surface area contributed by atoms with Crippen LogP contribution in [0.5, 0.6) is 0 Å². The Bertz CT molecular complexity index is 158. The van der Waals surface area contributed by atoms with Gasteiger partial charge in [-0.1, -0.05) is 41.9 Å². The van der Waals surface area contributed by atoms with Gasteiger partial charge in [0, 0.05) is 5.33 Å². The zero-order valence-electron chi connectivity index (χ0n) is 7.49. The highest BCUT2D eigenvalue weighted by molar-refractivity contribution is 9.09. The third kappa shape index (κ3) is 1.87. The van der Waals surface area contributed by atoms with E-state index in [4.69, 9.17) is 0 Å². The van der Waals surface area contributed by atoms with E-state index < -0.39 is 0 Å². The number of hydrogen-bond acceptors (Lipinski definition) is 0. The molecule has 0 aromatic heterocycles. The first kappa shape index (κ1) is 9.31. The molecule has 1 fully saturated rings. The molecule has 0 spiro atoms. The zero-order chi connectivity index (χ0) is 8.48. The Hall–Kier alpha value is 0.220. The lowest BCUT2D eigenvalue weighted by Gasteiger charge is -2.39. The molecule has 0 N–H and O–H groups in total. The molecule has 1 atom stereocenters. The summed E-state index contributed by atoms with van der Waals surface area (Å²) < 4.78 is 0. The fourth-order valence-corrected chi connectivity index (χ4v) is 3.32. The molecule has 0 nitrogen and oxygen atoms in total. The predicted octanol–water partition coefficient (Wildman–Crippen LogP) is 3.76. The van der Waals surface area contributed by atoms with Crippen LogP contribution in [0.2, 0.25) is 0 Å². The minimum atomic E-state index is 0.471. The predicted molar refractivity (Wildman–Crippen MR) is 54.1 cm³/mol. The molecular weight excluding hydrogens is 200 g/mol. The molecule has 1 aliphatic carbocycles. The lowest BCUT2D eigenvalue weighted by atomic mass is 9.68. The van der Waals surface area contributed by atoms with Crippen molar-refractivity contribution in [1.29, 1.82) is 0 Å². The van der Waals surface area contributed by atoms with Gasteiger partial charge in [0.1, 0.15) is 0 Å². The SMILES string of the molecule is C=C1CCCC(C)(C)C1CBr. The van der Waals surface area contributed by atoms with Crippen molar-refractivity contribution < 1.29 is 0 Å². The number of halogens is 1. The largest absolute Gasteiger partial charge is 0.0995 e. The summed E-state index contributed by atoms with van der Waals surface area (Å²) >= 11 is 3.57. The smallest absolute Gasteiger partial charge is 0.0102 e. The maximum atomic E-state index is 4.13. The van der Waals surface area contributed by atoms with Gasteiger partial charge < -0.3 is 0 Å². The molecule has 0 radical (unpaired) electrons. The van der Waals surface area contributed by atoms with E-state index in [9.17, 15) is 0 Å². The Morgan fingerprint density at radius 3 is 2.64 bits per heavy atom. The summed E-state index contributed by atoms with van der Waals surface area (Å²) in [5.74, 6) is 0.691. The van der Waals surface area contributed by atoms with Gasteiger partial charge in [0.2, 0.25) is 0 Å². The van der Waals surface area contributed by atoms with Gasteiger partial charge in [-0.15, -0.1) is 0 Å². The minimum Gasteiger partial charge on any atom is -0.0995 e. The van der Waals surface area contributed by atoms with Crippen LogP contribution in [-0.2, 0) is 0 Å². The molecule has 0 bridgehead atoms. The fourth-order valence-electron chi connectivity index (χ4n) is 1.99. The summed E-state index contributed by atoms with van der Waals surface area (Å²) in [4.78, 5) is 0. The van der Waals surface area contributed by atoms with E-state index >= 15 is 0 Å². The minimum absolute atomic E-state index is 0.471. The Morgan fingerprint density at radius 2 is 2.27 bits per heavy atom. The van der Waals surface area contributed by atoms with Crippen molar-refractivity contribution in [2.24, 2.45) is 11.3 Å². The molecular formula is C10H17Br. The van der Waals surface area contributed by atoms with E-state index in [1.165, 1.54) is 24.8 Å². The molecule has 1 unspecified atom stereocenters. The third-order valence-electron chi connectivity index (χ3n) is 2.91. The van der Waals surface area contributed by atoms with Crippen molar-refractivity contribution in [3.63, 3.8) is 0 Å². The monoisotopic (exact) mass is 216 g/mol. The van der Waals surface area contributed by atoms with Gasteiger partial charge in [0.05, 0.1) is 0 Å². The van der Waals surface area contributed by atoms with Crippen LogP contribution < -0.4 is 0 Å². The highest BCUT2D eigenvalue weighted by Crippen LogP contribution is 2.43. The van der Waals surface area contributed by atoms with Gasteiger partial charge in [-0.25, -0.2) is 0 Å². The standard InChI is InChI=1S/C10H17Br/c1-8-5-4-6-10(2,3)9(8)7-11/h9H,1,4-7H2,2-3H3. The summed E-state index contributed by atoms with van der Waals surface area (Å²) in [5.41, 5.74) is 1.91. The summed E-state index contributed by atoms with van der Waals surface area (Å²) in [6.07, 6.45) is 3.91. The van der Waals surface area contributed by atoms with Gasteiger partial charge in [-0.3, -0.25) is 0 Å². The fraction of sp³-hybridized carbons (Fsp3) is 0.800. The molecule has 1 aliphatic rings. The molecule has 1 heteroatoms. The normalized spacial score (nSPS) is 30.5. The molecule has 0 aromatic carbocycles. The highest BCUT2D eigenvalue weighted by atomic mass is 79.9. The van der Waals surface area contributed by atoms with Crippen LogP contribution in [0.15, 0.2) is 12.2 Å². The lowest BCUT2D eigenvalue weighted by Crippen LogP contribution is -2.30. The first-order valence-corrected chi connectivity index (χ1v) is 5.43. The Kier molecular flexibility index (Phi) is 2.79. The van der Waals surface area contributed by atoms with E-state index in [0.717, 1.165) is 5.33 Å². The number of rotatable bonds is 1. The average Bonchev–Trinajstić information content (AvgIpc) is 1.86. The van der Waals surface area contributed by atoms with Gasteiger partial charge in [0.15, 0.2) is 0 Å². The zero-order valence-corrected chi connectivity index (χ0v) is 9.08. The lowest BCUT2D eigenvalue weighted by molar-refractivity contribution is 0.210. The quantitative estimate of drug-likeness (QED) is 0.463. The second kappa shape index (κ2) is 3.30. The second-order valence-corrected chi connectivity index (χ2v) is 4.85. The Labute approximate surface area is 78.2 Å². The average molecular weight is 217 g/mol. The maximum absolute atomic E-state index is 4.13. The Balaban J connectivity index is 2.72. The molecule has 0 amide bonds. The van der Waals surface area contributed by atoms with E-state index in [2.05, 4.69) is 36.4 Å². The van der Waals surface area contributed by atoms with Gasteiger partial charge in [0.25, 0.3) is 0 Å². The molecule has 64 valence electrons. The second-order valence-electron chi connectivity index (χ2n) is 4.21. The topological polar surface area (TPSA) is 0 Å².